The van der Waals surface area contributed by atoms with Crippen molar-refractivity contribution in [2.24, 2.45) is 0 Å². The lowest BCUT2D eigenvalue weighted by Gasteiger charge is -2.36. The second-order valence-corrected chi connectivity index (χ2v) is 7.70. The molecule has 0 radical (unpaired) electrons. The van der Waals surface area contributed by atoms with Gasteiger partial charge in [-0.25, -0.2) is 14.8 Å². The Bertz CT molecular complexity index is 942. The van der Waals surface area contributed by atoms with Crippen molar-refractivity contribution in [3.63, 3.8) is 0 Å². The number of rotatable bonds is 5. The molecule has 0 spiro atoms. The number of ether oxygens (including phenoxy) is 3. The Hall–Kier alpha value is -3.27. The predicted octanol–water partition coefficient (Wildman–Crippen LogP) is 1.99. The summed E-state index contributed by atoms with van der Waals surface area (Å²) < 4.78 is 16.0. The quantitative estimate of drug-likeness (QED) is 0.752. The van der Waals surface area contributed by atoms with Gasteiger partial charge in [-0.3, -0.25) is 0 Å². The fraction of sp³-hybridized carbons (Fsp3) is 0.500. The van der Waals surface area contributed by atoms with Crippen LogP contribution in [-0.4, -0.2) is 87.6 Å². The molecule has 0 unspecified atom stereocenters. The minimum atomic E-state index is -0.134. The first-order valence-corrected chi connectivity index (χ1v) is 10.8. The van der Waals surface area contributed by atoms with E-state index in [4.69, 9.17) is 14.2 Å². The minimum Gasteiger partial charge on any atom is -0.493 e. The summed E-state index contributed by atoms with van der Waals surface area (Å²) in [6.07, 6.45) is 0. The largest absolute Gasteiger partial charge is 0.493 e. The van der Waals surface area contributed by atoms with E-state index in [1.54, 1.807) is 32.4 Å². The van der Waals surface area contributed by atoms with Crippen molar-refractivity contribution in [3.8, 4) is 11.5 Å². The van der Waals surface area contributed by atoms with Crippen LogP contribution in [0.5, 0.6) is 11.5 Å². The van der Waals surface area contributed by atoms with E-state index in [9.17, 15) is 4.79 Å². The standard InChI is InChI=1S/C22H30N6O4/c1-16-23-20(15-21(24-16)27-10-12-32-13-11-27)26-6-8-28(9-7-26)22(29)25-17-4-5-18(30-2)19(14-17)31-3/h4-5,14-15H,6-13H2,1-3H3,(H,25,29). The van der Waals surface area contributed by atoms with Crippen LogP contribution < -0.4 is 24.6 Å². The highest BCUT2D eigenvalue weighted by atomic mass is 16.5. The number of carbonyl (C=O) groups is 1. The summed E-state index contributed by atoms with van der Waals surface area (Å²) in [5.41, 5.74) is 0.664. The molecule has 0 aliphatic carbocycles. The molecular weight excluding hydrogens is 412 g/mol. The lowest BCUT2D eigenvalue weighted by molar-refractivity contribution is 0.122. The average molecular weight is 443 g/mol. The third-order valence-electron chi connectivity index (χ3n) is 5.67. The summed E-state index contributed by atoms with van der Waals surface area (Å²) in [4.78, 5) is 28.3. The molecule has 32 heavy (non-hydrogen) atoms. The van der Waals surface area contributed by atoms with Gasteiger partial charge in [0.25, 0.3) is 0 Å². The monoisotopic (exact) mass is 442 g/mol. The van der Waals surface area contributed by atoms with Crippen LogP contribution >= 0.6 is 0 Å². The van der Waals surface area contributed by atoms with Crippen LogP contribution in [0, 0.1) is 6.92 Å². The molecule has 2 aliphatic rings. The van der Waals surface area contributed by atoms with Crippen molar-refractivity contribution in [2.75, 3.05) is 81.8 Å². The first kappa shape index (κ1) is 21.9. The maximum absolute atomic E-state index is 12.8. The van der Waals surface area contributed by atoms with Crippen LogP contribution in [0.25, 0.3) is 0 Å². The Morgan fingerprint density at radius 1 is 0.906 bits per heavy atom. The Labute approximate surface area is 188 Å². The number of carbonyl (C=O) groups excluding carboxylic acids is 1. The molecule has 172 valence electrons. The van der Waals surface area contributed by atoms with E-state index < -0.39 is 0 Å². The van der Waals surface area contributed by atoms with E-state index in [0.717, 1.165) is 30.5 Å². The molecule has 0 saturated carbocycles. The number of hydrogen-bond acceptors (Lipinski definition) is 8. The van der Waals surface area contributed by atoms with Crippen LogP contribution in [0.2, 0.25) is 0 Å². The average Bonchev–Trinajstić information content (AvgIpc) is 2.84. The van der Waals surface area contributed by atoms with Gasteiger partial charge in [0, 0.05) is 57.1 Å². The number of nitrogens with one attached hydrogen (secondary N) is 1. The van der Waals surface area contributed by atoms with E-state index in [1.165, 1.54) is 0 Å². The summed E-state index contributed by atoms with van der Waals surface area (Å²) in [5, 5.41) is 2.94. The van der Waals surface area contributed by atoms with E-state index in [2.05, 4.69) is 25.1 Å². The second-order valence-electron chi connectivity index (χ2n) is 7.70. The Morgan fingerprint density at radius 2 is 1.53 bits per heavy atom. The Morgan fingerprint density at radius 3 is 2.16 bits per heavy atom. The number of methoxy groups -OCH3 is 2. The molecule has 1 N–H and O–H groups in total. The van der Waals surface area contributed by atoms with E-state index in [1.807, 2.05) is 17.9 Å². The zero-order valence-corrected chi connectivity index (χ0v) is 18.8. The fourth-order valence-corrected chi connectivity index (χ4v) is 3.91. The minimum absolute atomic E-state index is 0.134. The highest BCUT2D eigenvalue weighted by Gasteiger charge is 2.24. The second kappa shape index (κ2) is 9.90. The van der Waals surface area contributed by atoms with Gasteiger partial charge in [-0.1, -0.05) is 0 Å². The zero-order chi connectivity index (χ0) is 22.5. The maximum Gasteiger partial charge on any atom is 0.321 e. The number of morpholine rings is 1. The number of urea groups is 1. The molecule has 4 rings (SSSR count). The van der Waals surface area contributed by atoms with Gasteiger partial charge in [0.15, 0.2) is 11.5 Å². The Kier molecular flexibility index (Phi) is 6.79. The maximum atomic E-state index is 12.8. The number of anilines is 3. The summed E-state index contributed by atoms with van der Waals surface area (Å²) in [5.74, 6) is 3.78. The first-order chi connectivity index (χ1) is 15.6. The van der Waals surface area contributed by atoms with Gasteiger partial charge < -0.3 is 34.2 Å². The van der Waals surface area contributed by atoms with Gasteiger partial charge in [-0.15, -0.1) is 0 Å². The molecule has 1 aromatic carbocycles. The van der Waals surface area contributed by atoms with Crippen LogP contribution in [-0.2, 0) is 4.74 Å². The summed E-state index contributed by atoms with van der Waals surface area (Å²) >= 11 is 0. The molecule has 2 aliphatic heterocycles. The molecule has 3 heterocycles. The molecule has 2 saturated heterocycles. The number of benzene rings is 1. The van der Waals surface area contributed by atoms with Gasteiger partial charge in [-0.05, 0) is 19.1 Å². The van der Waals surface area contributed by atoms with Crippen molar-refractivity contribution in [2.45, 2.75) is 6.92 Å². The van der Waals surface area contributed by atoms with Crippen LogP contribution in [0.1, 0.15) is 5.82 Å². The highest BCUT2D eigenvalue weighted by molar-refractivity contribution is 5.90. The van der Waals surface area contributed by atoms with Crippen molar-refractivity contribution in [1.82, 2.24) is 14.9 Å². The van der Waals surface area contributed by atoms with Crippen LogP contribution in [0.15, 0.2) is 24.3 Å². The van der Waals surface area contributed by atoms with Gasteiger partial charge >= 0.3 is 6.03 Å². The van der Waals surface area contributed by atoms with E-state index in [-0.39, 0.29) is 6.03 Å². The molecule has 2 amide bonds. The fourth-order valence-electron chi connectivity index (χ4n) is 3.91. The molecule has 10 nitrogen and oxygen atoms in total. The SMILES string of the molecule is COc1ccc(NC(=O)N2CCN(c3cc(N4CCOCC4)nc(C)n3)CC2)cc1OC. The van der Waals surface area contributed by atoms with Crippen molar-refractivity contribution in [3.05, 3.63) is 30.1 Å². The van der Waals surface area contributed by atoms with Gasteiger partial charge in [-0.2, -0.15) is 0 Å². The highest BCUT2D eigenvalue weighted by Crippen LogP contribution is 2.30. The number of amides is 2. The van der Waals surface area contributed by atoms with Crippen molar-refractivity contribution < 1.29 is 19.0 Å². The molecule has 0 atom stereocenters. The summed E-state index contributed by atoms with van der Waals surface area (Å²) in [6.45, 7) is 7.64. The summed E-state index contributed by atoms with van der Waals surface area (Å²) in [6, 6.07) is 7.23. The molecule has 1 aromatic heterocycles. The molecule has 2 fully saturated rings. The number of hydrogen-bond donors (Lipinski definition) is 1. The molecule has 2 aromatic rings. The number of piperazine rings is 1. The van der Waals surface area contributed by atoms with E-state index >= 15 is 0 Å². The molecular formula is C22H30N6O4. The topological polar surface area (TPSA) is 92.3 Å². The van der Waals surface area contributed by atoms with Gasteiger partial charge in [0.05, 0.1) is 27.4 Å². The number of aromatic nitrogens is 2. The van der Waals surface area contributed by atoms with Crippen molar-refractivity contribution in [1.29, 1.82) is 0 Å². The predicted molar refractivity (Wildman–Crippen MR) is 122 cm³/mol. The lowest BCUT2D eigenvalue weighted by atomic mass is 10.2. The zero-order valence-electron chi connectivity index (χ0n) is 18.8. The smallest absolute Gasteiger partial charge is 0.321 e. The lowest BCUT2D eigenvalue weighted by Crippen LogP contribution is -2.50. The summed E-state index contributed by atoms with van der Waals surface area (Å²) in [7, 11) is 3.15. The third kappa shape index (κ3) is 4.96. The first-order valence-electron chi connectivity index (χ1n) is 10.8. The molecule has 10 heteroatoms. The molecule has 0 bridgehead atoms. The number of nitrogens with zero attached hydrogens (tertiary/aromatic N) is 5. The van der Waals surface area contributed by atoms with E-state index in [0.29, 0.717) is 56.6 Å². The number of aryl methyl sites for hydroxylation is 1. The third-order valence-corrected chi connectivity index (χ3v) is 5.67. The van der Waals surface area contributed by atoms with Crippen LogP contribution in [0.3, 0.4) is 0 Å². The normalized spacial score (nSPS) is 16.7. The van der Waals surface area contributed by atoms with Gasteiger partial charge in [0.2, 0.25) is 0 Å². The van der Waals surface area contributed by atoms with Crippen LogP contribution in [0.4, 0.5) is 22.1 Å². The van der Waals surface area contributed by atoms with Crippen molar-refractivity contribution >= 4 is 23.4 Å². The Balaban J connectivity index is 1.37. The van der Waals surface area contributed by atoms with Gasteiger partial charge in [0.1, 0.15) is 17.5 Å².